The highest BCUT2D eigenvalue weighted by atomic mass is 32.2. The van der Waals surface area contributed by atoms with Crippen LogP contribution >= 0.6 is 0 Å². The van der Waals surface area contributed by atoms with Gasteiger partial charge in [0.05, 0.1) is 17.5 Å². The third-order valence-electron chi connectivity index (χ3n) is 2.91. The van der Waals surface area contributed by atoms with E-state index in [0.29, 0.717) is 18.8 Å². The summed E-state index contributed by atoms with van der Waals surface area (Å²) >= 11 is 0. The van der Waals surface area contributed by atoms with E-state index < -0.39 is 10.0 Å². The molecule has 0 spiro atoms. The lowest BCUT2D eigenvalue weighted by Gasteiger charge is -2.20. The van der Waals surface area contributed by atoms with Gasteiger partial charge in [0.2, 0.25) is 15.9 Å². The average molecular weight is 342 g/mol. The molecule has 8 nitrogen and oxygen atoms in total. The summed E-state index contributed by atoms with van der Waals surface area (Å²) in [4.78, 5) is 25.2. The molecule has 0 aliphatic rings. The highest BCUT2D eigenvalue weighted by Gasteiger charge is 2.18. The van der Waals surface area contributed by atoms with Gasteiger partial charge in [0, 0.05) is 32.7 Å². The Balaban J connectivity index is 3.21. The normalized spacial score (nSPS) is 11.0. The number of amides is 2. The molecule has 0 radical (unpaired) electrons. The molecule has 3 N–H and O–H groups in total. The van der Waals surface area contributed by atoms with E-state index in [9.17, 15) is 18.0 Å². The first kappa shape index (κ1) is 18.9. The van der Waals surface area contributed by atoms with Crippen molar-refractivity contribution in [3.63, 3.8) is 0 Å². The third kappa shape index (κ3) is 6.25. The zero-order valence-electron chi connectivity index (χ0n) is 13.6. The second kappa shape index (κ2) is 7.93. The fraction of sp³-hybridized carbons (Fsp3) is 0.429. The predicted octanol–water partition coefficient (Wildman–Crippen LogP) is 0.308. The largest absolute Gasteiger partial charge is 0.340 e. The van der Waals surface area contributed by atoms with E-state index in [2.05, 4.69) is 15.4 Å². The van der Waals surface area contributed by atoms with Crippen molar-refractivity contribution < 1.29 is 18.0 Å². The lowest BCUT2D eigenvalue weighted by atomic mass is 10.1. The molecule has 1 aromatic carbocycles. The van der Waals surface area contributed by atoms with E-state index in [-0.39, 0.29) is 23.1 Å². The van der Waals surface area contributed by atoms with Crippen LogP contribution in [0.3, 0.4) is 0 Å². The van der Waals surface area contributed by atoms with Gasteiger partial charge in [-0.2, -0.15) is 0 Å². The highest BCUT2D eigenvalue weighted by Crippen LogP contribution is 2.23. The Hall–Kier alpha value is -2.13. The Morgan fingerprint density at radius 3 is 2.43 bits per heavy atom. The molecule has 2 amide bonds. The molecule has 0 saturated carbocycles. The fourth-order valence-electron chi connectivity index (χ4n) is 1.88. The summed E-state index contributed by atoms with van der Waals surface area (Å²) in [6, 6.07) is 4.43. The summed E-state index contributed by atoms with van der Waals surface area (Å²) in [6.45, 7) is 2.41. The quantitative estimate of drug-likeness (QED) is 0.661. The number of carbonyl (C=O) groups is 2. The van der Waals surface area contributed by atoms with Crippen LogP contribution in [0.15, 0.2) is 18.2 Å². The number of hydrogen-bond acceptors (Lipinski definition) is 5. The fourth-order valence-corrected chi connectivity index (χ4v) is 2.46. The molecule has 1 aromatic rings. The van der Waals surface area contributed by atoms with Gasteiger partial charge in [-0.1, -0.05) is 0 Å². The van der Waals surface area contributed by atoms with Crippen molar-refractivity contribution >= 4 is 33.2 Å². The molecule has 0 fully saturated rings. The lowest BCUT2D eigenvalue weighted by molar-refractivity contribution is -0.114. The summed E-state index contributed by atoms with van der Waals surface area (Å²) in [6.07, 6.45) is 1.01. The zero-order valence-corrected chi connectivity index (χ0v) is 14.5. The number of sulfonamides is 1. The van der Waals surface area contributed by atoms with Gasteiger partial charge >= 0.3 is 0 Å². The first-order valence-electron chi connectivity index (χ1n) is 6.93. The molecule has 0 aliphatic heterocycles. The van der Waals surface area contributed by atoms with Crippen LogP contribution in [0.2, 0.25) is 0 Å². The van der Waals surface area contributed by atoms with Crippen molar-refractivity contribution in [2.24, 2.45) is 0 Å². The molecular weight excluding hydrogens is 320 g/mol. The summed E-state index contributed by atoms with van der Waals surface area (Å²) in [5.74, 6) is -0.630. The minimum Gasteiger partial charge on any atom is -0.340 e. The van der Waals surface area contributed by atoms with Crippen LogP contribution in [0.25, 0.3) is 0 Å². The van der Waals surface area contributed by atoms with Crippen molar-refractivity contribution in [2.45, 2.75) is 6.92 Å². The van der Waals surface area contributed by atoms with Crippen LogP contribution in [0.1, 0.15) is 17.3 Å². The van der Waals surface area contributed by atoms with Gasteiger partial charge in [0.15, 0.2) is 0 Å². The van der Waals surface area contributed by atoms with Crippen molar-refractivity contribution in [3.8, 4) is 0 Å². The summed E-state index contributed by atoms with van der Waals surface area (Å²) < 4.78 is 25.2. The number of anilines is 2. The van der Waals surface area contributed by atoms with Gasteiger partial charge < -0.3 is 15.5 Å². The molecular formula is C14H22N4O4S. The number of likely N-dealkylation sites (N-methyl/N-ethyl adjacent to an activating group) is 2. The third-order valence-corrected chi connectivity index (χ3v) is 3.50. The second-order valence-electron chi connectivity index (χ2n) is 5.15. The van der Waals surface area contributed by atoms with Gasteiger partial charge in [0.25, 0.3) is 5.91 Å². The van der Waals surface area contributed by atoms with Gasteiger partial charge in [-0.05, 0) is 25.2 Å². The Kier molecular flexibility index (Phi) is 6.52. The Morgan fingerprint density at radius 2 is 1.91 bits per heavy atom. The monoisotopic (exact) mass is 342 g/mol. The molecule has 0 bridgehead atoms. The lowest BCUT2D eigenvalue weighted by Crippen LogP contribution is -2.33. The van der Waals surface area contributed by atoms with E-state index in [4.69, 9.17) is 0 Å². The highest BCUT2D eigenvalue weighted by molar-refractivity contribution is 7.92. The minimum atomic E-state index is -3.53. The summed E-state index contributed by atoms with van der Waals surface area (Å²) in [5, 5.41) is 5.51. The molecule has 0 aliphatic carbocycles. The molecule has 128 valence electrons. The topological polar surface area (TPSA) is 108 Å². The van der Waals surface area contributed by atoms with Crippen LogP contribution in [-0.2, 0) is 14.8 Å². The van der Waals surface area contributed by atoms with Gasteiger partial charge in [-0.3, -0.25) is 14.3 Å². The Morgan fingerprint density at radius 1 is 1.26 bits per heavy atom. The number of nitrogens with one attached hydrogen (secondary N) is 3. The molecule has 0 heterocycles. The first-order valence-corrected chi connectivity index (χ1v) is 8.82. The van der Waals surface area contributed by atoms with Crippen molar-refractivity contribution in [2.75, 3.05) is 43.5 Å². The molecule has 0 unspecified atom stereocenters. The van der Waals surface area contributed by atoms with Crippen molar-refractivity contribution in [3.05, 3.63) is 23.8 Å². The van der Waals surface area contributed by atoms with E-state index in [1.54, 1.807) is 14.1 Å². The van der Waals surface area contributed by atoms with Crippen molar-refractivity contribution in [1.29, 1.82) is 0 Å². The van der Waals surface area contributed by atoms with Crippen LogP contribution in [0.4, 0.5) is 11.4 Å². The van der Waals surface area contributed by atoms with E-state index in [1.165, 1.54) is 30.0 Å². The minimum absolute atomic E-state index is 0.167. The maximum absolute atomic E-state index is 12.5. The maximum Gasteiger partial charge on any atom is 0.255 e. The van der Waals surface area contributed by atoms with Gasteiger partial charge in [-0.25, -0.2) is 8.42 Å². The number of rotatable bonds is 7. The van der Waals surface area contributed by atoms with Crippen molar-refractivity contribution in [1.82, 2.24) is 10.2 Å². The Bertz CT molecular complexity index is 688. The van der Waals surface area contributed by atoms with Crippen LogP contribution < -0.4 is 15.4 Å². The molecule has 9 heteroatoms. The number of carbonyl (C=O) groups excluding carboxylic acids is 2. The standard InChI is InChI=1S/C14H22N4O4S/c1-10(19)16-11-5-6-13(17-23(4,21)22)12(9-11)14(20)18(3)8-7-15-2/h5-6,9,15,17H,7-8H2,1-4H3,(H,16,19). The first-order chi connectivity index (χ1) is 10.6. The van der Waals surface area contributed by atoms with Crippen LogP contribution in [-0.4, -0.2) is 58.6 Å². The SMILES string of the molecule is CNCCN(C)C(=O)c1cc(NC(C)=O)ccc1NS(C)(=O)=O. The van der Waals surface area contributed by atoms with Gasteiger partial charge in [-0.15, -0.1) is 0 Å². The second-order valence-corrected chi connectivity index (χ2v) is 6.89. The van der Waals surface area contributed by atoms with E-state index in [1.807, 2.05) is 0 Å². The molecule has 1 rings (SSSR count). The van der Waals surface area contributed by atoms with Gasteiger partial charge in [0.1, 0.15) is 0 Å². The van der Waals surface area contributed by atoms with Crippen LogP contribution in [0.5, 0.6) is 0 Å². The zero-order chi connectivity index (χ0) is 17.6. The number of benzene rings is 1. The number of nitrogens with zero attached hydrogens (tertiary/aromatic N) is 1. The summed E-state index contributed by atoms with van der Waals surface area (Å²) in [7, 11) is -0.142. The van der Waals surface area contributed by atoms with Crippen LogP contribution in [0, 0.1) is 0 Å². The average Bonchev–Trinajstić information content (AvgIpc) is 2.43. The smallest absolute Gasteiger partial charge is 0.255 e. The molecule has 0 atom stereocenters. The predicted molar refractivity (Wildman–Crippen MR) is 90.1 cm³/mol. The summed E-state index contributed by atoms with van der Waals surface area (Å²) in [5.41, 5.74) is 0.755. The molecule has 0 aromatic heterocycles. The maximum atomic E-state index is 12.5. The number of hydrogen-bond donors (Lipinski definition) is 3. The van der Waals surface area contributed by atoms with E-state index in [0.717, 1.165) is 6.26 Å². The van der Waals surface area contributed by atoms with E-state index >= 15 is 0 Å². The molecule has 0 saturated heterocycles. The Labute approximate surface area is 136 Å². The molecule has 23 heavy (non-hydrogen) atoms.